The number of halogens is 2. The summed E-state index contributed by atoms with van der Waals surface area (Å²) in [5.41, 5.74) is 7.95. The molecule has 0 aliphatic heterocycles. The second-order valence-electron chi connectivity index (χ2n) is 5.12. The van der Waals surface area contributed by atoms with Gasteiger partial charge in [-0.1, -0.05) is 11.6 Å². The van der Waals surface area contributed by atoms with Crippen molar-refractivity contribution in [3.8, 4) is 0 Å². The van der Waals surface area contributed by atoms with Crippen LogP contribution >= 0.6 is 27.5 Å². The monoisotopic (exact) mass is 383 g/mol. The smallest absolute Gasteiger partial charge is 0.177 e. The summed E-state index contributed by atoms with van der Waals surface area (Å²) < 4.78 is 12.0. The predicted octanol–water partition coefficient (Wildman–Crippen LogP) is 4.34. The third kappa shape index (κ3) is 3.14. The minimum Gasteiger partial charge on any atom is -0.467 e. The van der Waals surface area contributed by atoms with E-state index in [2.05, 4.69) is 26.2 Å². The molecule has 3 aromatic rings. The number of nitrogens with two attached hydrogens (primary N) is 1. The minimum absolute atomic E-state index is 0.00754. The molecule has 0 unspecified atom stereocenters. The fourth-order valence-electron chi connectivity index (χ4n) is 2.20. The van der Waals surface area contributed by atoms with Crippen LogP contribution in [0.5, 0.6) is 0 Å². The lowest BCUT2D eigenvalue weighted by Gasteiger charge is -2.05. The van der Waals surface area contributed by atoms with Gasteiger partial charge >= 0.3 is 0 Å². The SMILES string of the molecule is C[C@H](N)Cc1oc2c(NCc3ccco3)cc(Cl)nc2c1Br. The zero-order valence-corrected chi connectivity index (χ0v) is 14.2. The van der Waals surface area contributed by atoms with Crippen molar-refractivity contribution in [3.05, 3.63) is 45.6 Å². The molecule has 0 bridgehead atoms. The number of nitrogens with zero attached hydrogens (tertiary/aromatic N) is 1. The van der Waals surface area contributed by atoms with E-state index >= 15 is 0 Å². The van der Waals surface area contributed by atoms with Crippen LogP contribution in [0.1, 0.15) is 18.4 Å². The second kappa shape index (κ2) is 6.32. The van der Waals surface area contributed by atoms with Gasteiger partial charge in [0, 0.05) is 18.5 Å². The molecule has 0 amide bonds. The third-order valence-electron chi connectivity index (χ3n) is 3.16. The highest BCUT2D eigenvalue weighted by Gasteiger charge is 2.18. The molecule has 0 aliphatic rings. The molecule has 116 valence electrons. The van der Waals surface area contributed by atoms with Crippen molar-refractivity contribution in [2.24, 2.45) is 5.73 Å². The molecule has 0 aliphatic carbocycles. The standard InChI is InChI=1S/C15H15BrClN3O2/c1-8(18)5-11-13(16)14-15(22-11)10(6-12(17)20-14)19-7-9-3-2-4-21-9/h2-4,6,8H,5,7,18H2,1H3,(H,19,20)/t8-/m0/s1. The van der Waals surface area contributed by atoms with Crippen molar-refractivity contribution in [1.29, 1.82) is 0 Å². The van der Waals surface area contributed by atoms with Gasteiger partial charge in [-0.3, -0.25) is 0 Å². The largest absolute Gasteiger partial charge is 0.467 e. The van der Waals surface area contributed by atoms with Crippen LogP contribution in [0.2, 0.25) is 5.15 Å². The van der Waals surface area contributed by atoms with Gasteiger partial charge in [0.15, 0.2) is 5.58 Å². The number of anilines is 1. The number of rotatable bonds is 5. The van der Waals surface area contributed by atoms with Gasteiger partial charge in [0.05, 0.1) is 23.0 Å². The van der Waals surface area contributed by atoms with Gasteiger partial charge in [-0.25, -0.2) is 4.98 Å². The van der Waals surface area contributed by atoms with Crippen molar-refractivity contribution < 1.29 is 8.83 Å². The molecule has 3 N–H and O–H groups in total. The Labute approximate surface area is 140 Å². The molecular formula is C15H15BrClN3O2. The molecule has 0 fully saturated rings. The molecule has 22 heavy (non-hydrogen) atoms. The van der Waals surface area contributed by atoms with E-state index in [0.29, 0.717) is 29.2 Å². The van der Waals surface area contributed by atoms with E-state index in [0.717, 1.165) is 21.7 Å². The highest BCUT2D eigenvalue weighted by atomic mass is 79.9. The maximum absolute atomic E-state index is 6.11. The predicted molar refractivity (Wildman–Crippen MR) is 90.1 cm³/mol. The summed E-state index contributed by atoms with van der Waals surface area (Å²) in [4.78, 5) is 4.33. The molecule has 0 radical (unpaired) electrons. The van der Waals surface area contributed by atoms with Gasteiger partial charge in [0.2, 0.25) is 0 Å². The number of fused-ring (bicyclic) bond motifs is 1. The van der Waals surface area contributed by atoms with E-state index in [9.17, 15) is 0 Å². The maximum atomic E-state index is 6.11. The van der Waals surface area contributed by atoms with Gasteiger partial charge < -0.3 is 19.9 Å². The van der Waals surface area contributed by atoms with Crippen molar-refractivity contribution in [3.63, 3.8) is 0 Å². The molecule has 0 saturated carbocycles. The van der Waals surface area contributed by atoms with Gasteiger partial charge in [0.25, 0.3) is 0 Å². The Kier molecular flexibility index (Phi) is 4.42. The lowest BCUT2D eigenvalue weighted by atomic mass is 10.2. The lowest BCUT2D eigenvalue weighted by Crippen LogP contribution is -2.17. The molecule has 0 aromatic carbocycles. The van der Waals surface area contributed by atoms with E-state index in [1.165, 1.54) is 0 Å². The molecule has 0 spiro atoms. The first-order valence-corrected chi connectivity index (χ1v) is 8.01. The van der Waals surface area contributed by atoms with Crippen LogP contribution in [0.3, 0.4) is 0 Å². The van der Waals surface area contributed by atoms with Crippen molar-refractivity contribution >= 4 is 44.3 Å². The van der Waals surface area contributed by atoms with Crippen LogP contribution < -0.4 is 11.1 Å². The molecule has 3 heterocycles. The molecular weight excluding hydrogens is 370 g/mol. The average Bonchev–Trinajstić information content (AvgIpc) is 3.07. The van der Waals surface area contributed by atoms with Crippen LogP contribution in [-0.4, -0.2) is 11.0 Å². The summed E-state index contributed by atoms with van der Waals surface area (Å²) in [7, 11) is 0. The Morgan fingerprint density at radius 2 is 2.32 bits per heavy atom. The Morgan fingerprint density at radius 3 is 3.00 bits per heavy atom. The quantitative estimate of drug-likeness (QED) is 0.640. The molecule has 7 heteroatoms. The summed E-state index contributed by atoms with van der Waals surface area (Å²) in [6, 6.07) is 5.47. The number of hydrogen-bond donors (Lipinski definition) is 2. The Balaban J connectivity index is 1.98. The van der Waals surface area contributed by atoms with Crippen LogP contribution in [-0.2, 0) is 13.0 Å². The number of furan rings is 2. The molecule has 3 rings (SSSR count). The van der Waals surface area contributed by atoms with E-state index in [1.54, 1.807) is 12.3 Å². The van der Waals surface area contributed by atoms with Crippen molar-refractivity contribution in [1.82, 2.24) is 4.98 Å². The highest BCUT2D eigenvalue weighted by Crippen LogP contribution is 2.36. The number of aromatic nitrogens is 1. The van der Waals surface area contributed by atoms with E-state index < -0.39 is 0 Å². The van der Waals surface area contributed by atoms with Gasteiger partial charge in [-0.15, -0.1) is 0 Å². The highest BCUT2D eigenvalue weighted by molar-refractivity contribution is 9.10. The lowest BCUT2D eigenvalue weighted by molar-refractivity contribution is 0.516. The van der Waals surface area contributed by atoms with Gasteiger partial charge in [-0.05, 0) is 35.0 Å². The topological polar surface area (TPSA) is 77.2 Å². The van der Waals surface area contributed by atoms with Crippen molar-refractivity contribution in [2.75, 3.05) is 5.32 Å². The van der Waals surface area contributed by atoms with Crippen molar-refractivity contribution in [2.45, 2.75) is 25.9 Å². The van der Waals surface area contributed by atoms with Gasteiger partial charge in [-0.2, -0.15) is 0 Å². The van der Waals surface area contributed by atoms with Crippen LogP contribution in [0.15, 0.2) is 37.8 Å². The van der Waals surface area contributed by atoms with Crippen LogP contribution in [0, 0.1) is 0 Å². The summed E-state index contributed by atoms with van der Waals surface area (Å²) >= 11 is 9.63. The summed E-state index contributed by atoms with van der Waals surface area (Å²) in [6.07, 6.45) is 2.25. The molecule has 3 aromatic heterocycles. The fourth-order valence-corrected chi connectivity index (χ4v) is 2.91. The average molecular weight is 385 g/mol. The van der Waals surface area contributed by atoms with E-state index in [4.69, 9.17) is 26.2 Å². The van der Waals surface area contributed by atoms with Gasteiger partial charge in [0.1, 0.15) is 22.2 Å². The maximum Gasteiger partial charge on any atom is 0.177 e. The molecule has 5 nitrogen and oxygen atoms in total. The number of hydrogen-bond acceptors (Lipinski definition) is 5. The Hall–Kier alpha value is -1.50. The first kappa shape index (κ1) is 15.4. The summed E-state index contributed by atoms with van der Waals surface area (Å²) in [6.45, 7) is 2.46. The van der Waals surface area contributed by atoms with E-state index in [1.807, 2.05) is 19.1 Å². The molecule has 0 saturated heterocycles. The minimum atomic E-state index is -0.00754. The second-order valence-corrected chi connectivity index (χ2v) is 6.30. The van der Waals surface area contributed by atoms with Crippen LogP contribution in [0.4, 0.5) is 5.69 Å². The third-order valence-corrected chi connectivity index (χ3v) is 4.17. The normalized spacial score (nSPS) is 12.7. The zero-order valence-electron chi connectivity index (χ0n) is 11.9. The Morgan fingerprint density at radius 1 is 1.50 bits per heavy atom. The zero-order chi connectivity index (χ0) is 15.7. The summed E-state index contributed by atoms with van der Waals surface area (Å²) in [5, 5.41) is 3.65. The molecule has 1 atom stereocenters. The summed E-state index contributed by atoms with van der Waals surface area (Å²) in [5.74, 6) is 1.59. The first-order valence-electron chi connectivity index (χ1n) is 6.84. The van der Waals surface area contributed by atoms with Crippen LogP contribution in [0.25, 0.3) is 11.1 Å². The number of pyridine rings is 1. The first-order chi connectivity index (χ1) is 10.5. The Bertz CT molecular complexity index is 784. The fraction of sp³-hybridized carbons (Fsp3) is 0.267. The number of nitrogens with one attached hydrogen (secondary N) is 1. The van der Waals surface area contributed by atoms with E-state index in [-0.39, 0.29) is 6.04 Å².